The first-order chi connectivity index (χ1) is 16.8. The van der Waals surface area contributed by atoms with Crippen LogP contribution in [0.1, 0.15) is 29.3 Å². The van der Waals surface area contributed by atoms with Gasteiger partial charge in [0.05, 0.1) is 29.3 Å². The van der Waals surface area contributed by atoms with Crippen LogP contribution in [-0.2, 0) is 10.9 Å². The van der Waals surface area contributed by atoms with Crippen LogP contribution < -0.4 is 15.1 Å². The predicted octanol–water partition coefficient (Wildman–Crippen LogP) is 4.74. The van der Waals surface area contributed by atoms with Gasteiger partial charge < -0.3 is 19.9 Å². The van der Waals surface area contributed by atoms with Gasteiger partial charge in [0.25, 0.3) is 5.91 Å². The van der Waals surface area contributed by atoms with Crippen molar-refractivity contribution in [3.05, 3.63) is 65.7 Å². The molecule has 1 fully saturated rings. The smallest absolute Gasteiger partial charge is 0.383 e. The largest absolute Gasteiger partial charge is 0.416 e. The van der Waals surface area contributed by atoms with E-state index < -0.39 is 11.7 Å². The van der Waals surface area contributed by atoms with E-state index in [0.29, 0.717) is 49.9 Å². The predicted molar refractivity (Wildman–Crippen MR) is 131 cm³/mol. The second kappa shape index (κ2) is 10.5. The third kappa shape index (κ3) is 5.67. The van der Waals surface area contributed by atoms with Gasteiger partial charge >= 0.3 is 6.18 Å². The molecule has 4 rings (SSSR count). The molecule has 1 aliphatic heterocycles. The summed E-state index contributed by atoms with van der Waals surface area (Å²) in [5.41, 5.74) is 1.16. The lowest BCUT2D eigenvalue weighted by atomic mass is 10.1. The first-order valence-electron chi connectivity index (χ1n) is 11.7. The minimum atomic E-state index is -4.37. The summed E-state index contributed by atoms with van der Waals surface area (Å²) in [6, 6.07) is 14.6. The van der Waals surface area contributed by atoms with Crippen molar-refractivity contribution < 1.29 is 22.7 Å². The highest BCUT2D eigenvalue weighted by Gasteiger charge is 2.31. The molecule has 1 N–H and O–H groups in total. The standard InChI is InChI=1S/C26H29F3N4O2/c1-3-19(17-35-2)30-25(34)22-16-24(31-23-10-5-4-9-21(22)23)33-13-11-32(12-14-33)20-8-6-7-18(15-20)26(27,28)29/h4-10,15-16,19H,3,11-14,17H2,1-2H3,(H,30,34)/t19-/m1/s1. The topological polar surface area (TPSA) is 57.7 Å². The van der Waals surface area contributed by atoms with Crippen molar-refractivity contribution >= 4 is 28.3 Å². The molecule has 6 nitrogen and oxygen atoms in total. The van der Waals surface area contributed by atoms with E-state index in [4.69, 9.17) is 9.72 Å². The van der Waals surface area contributed by atoms with E-state index in [-0.39, 0.29) is 11.9 Å². The second-order valence-electron chi connectivity index (χ2n) is 8.60. The maximum atomic E-state index is 13.2. The maximum Gasteiger partial charge on any atom is 0.416 e. The minimum absolute atomic E-state index is 0.0983. The number of anilines is 2. The lowest BCUT2D eigenvalue weighted by Gasteiger charge is -2.37. The van der Waals surface area contributed by atoms with Crippen molar-refractivity contribution in [1.29, 1.82) is 0 Å². The number of fused-ring (bicyclic) bond motifs is 1. The van der Waals surface area contributed by atoms with E-state index >= 15 is 0 Å². The van der Waals surface area contributed by atoms with E-state index in [1.54, 1.807) is 19.2 Å². The number of alkyl halides is 3. The van der Waals surface area contributed by atoms with Crippen LogP contribution in [0.15, 0.2) is 54.6 Å². The fourth-order valence-electron chi connectivity index (χ4n) is 4.31. The molecule has 0 radical (unpaired) electrons. The molecular weight excluding hydrogens is 457 g/mol. The quantitative estimate of drug-likeness (QED) is 0.523. The summed E-state index contributed by atoms with van der Waals surface area (Å²) in [4.78, 5) is 22.0. The average Bonchev–Trinajstić information content (AvgIpc) is 2.87. The molecule has 35 heavy (non-hydrogen) atoms. The molecule has 0 aliphatic carbocycles. The normalized spacial score (nSPS) is 15.3. The van der Waals surface area contributed by atoms with Crippen molar-refractivity contribution in [2.45, 2.75) is 25.6 Å². The molecule has 1 saturated heterocycles. The first kappa shape index (κ1) is 24.8. The molecule has 0 spiro atoms. The number of hydrogen-bond acceptors (Lipinski definition) is 5. The number of nitrogens with zero attached hydrogens (tertiary/aromatic N) is 3. The summed E-state index contributed by atoms with van der Waals surface area (Å²) in [6.07, 6.45) is -3.63. The van der Waals surface area contributed by atoms with Crippen molar-refractivity contribution in [2.75, 3.05) is 49.7 Å². The molecule has 0 unspecified atom stereocenters. The van der Waals surface area contributed by atoms with Gasteiger partial charge in [0.1, 0.15) is 5.82 Å². The van der Waals surface area contributed by atoms with Gasteiger partial charge in [-0.05, 0) is 36.8 Å². The van der Waals surface area contributed by atoms with Crippen LogP contribution in [0.5, 0.6) is 0 Å². The lowest BCUT2D eigenvalue weighted by molar-refractivity contribution is -0.137. The van der Waals surface area contributed by atoms with Crippen LogP contribution >= 0.6 is 0 Å². The van der Waals surface area contributed by atoms with Gasteiger partial charge in [0.2, 0.25) is 0 Å². The monoisotopic (exact) mass is 486 g/mol. The fourth-order valence-corrected chi connectivity index (χ4v) is 4.31. The number of ether oxygens (including phenoxy) is 1. The fraction of sp³-hybridized carbons (Fsp3) is 0.385. The molecule has 186 valence electrons. The van der Waals surface area contributed by atoms with Crippen LogP contribution in [0.4, 0.5) is 24.7 Å². The SMILES string of the molecule is CC[C@H](COC)NC(=O)c1cc(N2CCN(c3cccc(C(F)(F)F)c3)CC2)nc2ccccc12. The number of para-hydroxylation sites is 1. The highest BCUT2D eigenvalue weighted by Crippen LogP contribution is 2.32. The van der Waals surface area contributed by atoms with Gasteiger partial charge in [-0.2, -0.15) is 13.2 Å². The average molecular weight is 487 g/mol. The van der Waals surface area contributed by atoms with Crippen molar-refractivity contribution in [3.8, 4) is 0 Å². The number of piperazine rings is 1. The van der Waals surface area contributed by atoms with Crippen LogP contribution in [0.2, 0.25) is 0 Å². The number of nitrogens with one attached hydrogen (secondary N) is 1. The van der Waals surface area contributed by atoms with Crippen LogP contribution in [0.3, 0.4) is 0 Å². The minimum Gasteiger partial charge on any atom is -0.383 e. The Morgan fingerprint density at radius 2 is 1.77 bits per heavy atom. The summed E-state index contributed by atoms with van der Waals surface area (Å²) in [5.74, 6) is 0.494. The molecule has 1 amide bonds. The molecule has 3 aromatic rings. The van der Waals surface area contributed by atoms with Crippen molar-refractivity contribution in [2.24, 2.45) is 0 Å². The molecule has 1 atom stereocenters. The molecule has 9 heteroatoms. The Hall–Kier alpha value is -3.33. The second-order valence-corrected chi connectivity index (χ2v) is 8.60. The number of halogens is 3. The Balaban J connectivity index is 1.55. The molecule has 2 aromatic carbocycles. The highest BCUT2D eigenvalue weighted by molar-refractivity contribution is 6.07. The number of benzene rings is 2. The Kier molecular flexibility index (Phi) is 7.45. The summed E-state index contributed by atoms with van der Waals surface area (Å²) in [6.45, 7) is 4.65. The van der Waals surface area contributed by atoms with E-state index in [2.05, 4.69) is 10.2 Å². The van der Waals surface area contributed by atoms with Crippen LogP contribution in [-0.4, -0.2) is 56.8 Å². The third-order valence-corrected chi connectivity index (χ3v) is 6.29. The van der Waals surface area contributed by atoms with Gasteiger partial charge in [0.15, 0.2) is 0 Å². The molecule has 1 aromatic heterocycles. The van der Waals surface area contributed by atoms with Gasteiger partial charge in [-0.25, -0.2) is 4.98 Å². The van der Waals surface area contributed by atoms with Gasteiger partial charge in [-0.3, -0.25) is 4.79 Å². The zero-order valence-corrected chi connectivity index (χ0v) is 19.8. The van der Waals surface area contributed by atoms with Crippen molar-refractivity contribution in [1.82, 2.24) is 10.3 Å². The molecular formula is C26H29F3N4O2. The number of methoxy groups -OCH3 is 1. The number of carbonyl (C=O) groups is 1. The number of rotatable bonds is 7. The van der Waals surface area contributed by atoms with Crippen LogP contribution in [0, 0.1) is 0 Å². The van der Waals surface area contributed by atoms with E-state index in [0.717, 1.165) is 23.4 Å². The van der Waals surface area contributed by atoms with Crippen LogP contribution in [0.25, 0.3) is 10.9 Å². The Morgan fingerprint density at radius 1 is 1.06 bits per heavy atom. The van der Waals surface area contributed by atoms with Gasteiger partial charge in [-0.15, -0.1) is 0 Å². The van der Waals surface area contributed by atoms with E-state index in [1.807, 2.05) is 36.1 Å². The Morgan fingerprint density at radius 3 is 2.46 bits per heavy atom. The first-order valence-corrected chi connectivity index (χ1v) is 11.7. The third-order valence-electron chi connectivity index (χ3n) is 6.29. The number of carbonyl (C=O) groups excluding carboxylic acids is 1. The molecule has 0 bridgehead atoms. The van der Waals surface area contributed by atoms with Gasteiger partial charge in [-0.1, -0.05) is 31.2 Å². The van der Waals surface area contributed by atoms with E-state index in [1.165, 1.54) is 12.1 Å². The Labute approximate surface area is 202 Å². The lowest BCUT2D eigenvalue weighted by Crippen LogP contribution is -2.47. The van der Waals surface area contributed by atoms with Gasteiger partial charge in [0, 0.05) is 44.4 Å². The number of hydrogen-bond donors (Lipinski definition) is 1. The zero-order valence-electron chi connectivity index (χ0n) is 19.8. The van der Waals surface area contributed by atoms with Crippen molar-refractivity contribution in [3.63, 3.8) is 0 Å². The number of amides is 1. The molecule has 0 saturated carbocycles. The Bertz CT molecular complexity index is 1180. The molecule has 1 aliphatic rings. The summed E-state index contributed by atoms with van der Waals surface area (Å²) < 4.78 is 44.6. The summed E-state index contributed by atoms with van der Waals surface area (Å²) >= 11 is 0. The zero-order chi connectivity index (χ0) is 25.0. The molecule has 2 heterocycles. The highest BCUT2D eigenvalue weighted by atomic mass is 19.4. The van der Waals surface area contributed by atoms with E-state index in [9.17, 15) is 18.0 Å². The maximum absolute atomic E-state index is 13.2. The summed E-state index contributed by atoms with van der Waals surface area (Å²) in [7, 11) is 1.60. The number of aromatic nitrogens is 1. The summed E-state index contributed by atoms with van der Waals surface area (Å²) in [5, 5.41) is 3.81. The number of pyridine rings is 1.